The number of rotatable bonds is 3. The van der Waals surface area contributed by atoms with Crippen molar-refractivity contribution in [2.24, 2.45) is 0 Å². The average Bonchev–Trinajstić information content (AvgIpc) is 2.74. The topological polar surface area (TPSA) is 72.5 Å². The summed E-state index contributed by atoms with van der Waals surface area (Å²) in [5.41, 5.74) is 9.14. The van der Waals surface area contributed by atoms with Crippen molar-refractivity contribution in [2.45, 2.75) is 13.8 Å². The van der Waals surface area contributed by atoms with Crippen LogP contribution in [0.3, 0.4) is 0 Å². The van der Waals surface area contributed by atoms with Crippen molar-refractivity contribution < 1.29 is 14.6 Å². The second kappa shape index (κ2) is 4.93. The average molecular weight is 277 g/mol. The summed E-state index contributed by atoms with van der Waals surface area (Å²) in [6.45, 7) is 3.97. The van der Waals surface area contributed by atoms with E-state index in [9.17, 15) is 4.79 Å². The minimum Gasteiger partial charge on any atom is -0.496 e. The molecule has 0 saturated heterocycles. The molecule has 0 amide bonds. The van der Waals surface area contributed by atoms with E-state index in [4.69, 9.17) is 15.6 Å². The van der Waals surface area contributed by atoms with E-state index in [0.29, 0.717) is 5.69 Å². The third-order valence-corrected chi connectivity index (χ3v) is 4.35. The van der Waals surface area contributed by atoms with Gasteiger partial charge < -0.3 is 15.6 Å². The van der Waals surface area contributed by atoms with E-state index in [-0.39, 0.29) is 4.88 Å². The Hall–Kier alpha value is -2.01. The number of hydrogen-bond acceptors (Lipinski definition) is 4. The summed E-state index contributed by atoms with van der Waals surface area (Å²) in [7, 11) is 1.63. The van der Waals surface area contributed by atoms with Crippen LogP contribution in [0.25, 0.3) is 10.4 Å². The molecule has 0 bridgehead atoms. The Balaban J connectivity index is 2.57. The molecular formula is C14H15NO3S. The molecule has 3 N–H and O–H groups in total. The highest BCUT2D eigenvalue weighted by Crippen LogP contribution is 2.37. The van der Waals surface area contributed by atoms with E-state index in [1.54, 1.807) is 13.2 Å². The number of benzene rings is 1. The monoisotopic (exact) mass is 277 g/mol. The van der Waals surface area contributed by atoms with Crippen molar-refractivity contribution in [1.82, 2.24) is 0 Å². The predicted octanol–water partition coefficient (Wildman–Crippen LogP) is 3.32. The maximum absolute atomic E-state index is 11.0. The molecule has 5 heteroatoms. The van der Waals surface area contributed by atoms with Crippen molar-refractivity contribution in [3.05, 3.63) is 34.2 Å². The Morgan fingerprint density at radius 1 is 1.32 bits per heavy atom. The lowest BCUT2D eigenvalue weighted by molar-refractivity contribution is 0.0703. The first-order valence-corrected chi connectivity index (χ1v) is 6.54. The number of thiophene rings is 1. The molecule has 2 aromatic rings. The van der Waals surface area contributed by atoms with Crippen LogP contribution in [0.4, 0.5) is 5.69 Å². The van der Waals surface area contributed by atoms with E-state index in [0.717, 1.165) is 27.3 Å². The van der Waals surface area contributed by atoms with Crippen LogP contribution >= 0.6 is 11.3 Å². The van der Waals surface area contributed by atoms with E-state index >= 15 is 0 Å². The minimum absolute atomic E-state index is 0.183. The summed E-state index contributed by atoms with van der Waals surface area (Å²) >= 11 is 1.19. The van der Waals surface area contributed by atoms with Crippen LogP contribution in [-0.2, 0) is 0 Å². The highest BCUT2D eigenvalue weighted by atomic mass is 32.1. The van der Waals surface area contributed by atoms with Crippen LogP contribution in [0.2, 0.25) is 0 Å². The fourth-order valence-electron chi connectivity index (χ4n) is 1.99. The van der Waals surface area contributed by atoms with Gasteiger partial charge in [-0.1, -0.05) is 0 Å². The minimum atomic E-state index is -0.989. The molecule has 0 saturated carbocycles. The molecule has 0 atom stereocenters. The van der Waals surface area contributed by atoms with Crippen LogP contribution in [0.5, 0.6) is 5.75 Å². The highest BCUT2D eigenvalue weighted by Gasteiger charge is 2.16. The van der Waals surface area contributed by atoms with Gasteiger partial charge in [-0.25, -0.2) is 4.79 Å². The third kappa shape index (κ3) is 2.29. The summed E-state index contributed by atoms with van der Waals surface area (Å²) in [6, 6.07) is 5.52. The number of aromatic carboxylic acids is 1. The molecule has 0 aliphatic heterocycles. The van der Waals surface area contributed by atoms with Crippen molar-refractivity contribution >= 4 is 23.0 Å². The summed E-state index contributed by atoms with van der Waals surface area (Å²) in [5.74, 6) is -0.166. The largest absolute Gasteiger partial charge is 0.496 e. The molecule has 100 valence electrons. The van der Waals surface area contributed by atoms with Crippen LogP contribution in [0, 0.1) is 13.8 Å². The first-order valence-electron chi connectivity index (χ1n) is 5.73. The van der Waals surface area contributed by atoms with Crippen molar-refractivity contribution in [1.29, 1.82) is 0 Å². The zero-order chi connectivity index (χ0) is 14.2. The van der Waals surface area contributed by atoms with Gasteiger partial charge in [0.1, 0.15) is 10.6 Å². The number of methoxy groups -OCH3 is 1. The zero-order valence-electron chi connectivity index (χ0n) is 11.0. The number of anilines is 1. The summed E-state index contributed by atoms with van der Waals surface area (Å²) in [5, 5.41) is 9.04. The van der Waals surface area contributed by atoms with E-state index < -0.39 is 5.97 Å². The lowest BCUT2D eigenvalue weighted by atomic mass is 10.0. The van der Waals surface area contributed by atoms with Crippen molar-refractivity contribution in [2.75, 3.05) is 12.8 Å². The van der Waals surface area contributed by atoms with Crippen LogP contribution in [0.1, 0.15) is 20.8 Å². The molecule has 0 fully saturated rings. The lowest BCUT2D eigenvalue weighted by Crippen LogP contribution is -1.96. The van der Waals surface area contributed by atoms with Gasteiger partial charge in [0.2, 0.25) is 0 Å². The van der Waals surface area contributed by atoms with E-state index in [2.05, 4.69) is 0 Å². The Kier molecular flexibility index (Phi) is 3.48. The predicted molar refractivity (Wildman–Crippen MR) is 77.2 cm³/mol. The molecule has 19 heavy (non-hydrogen) atoms. The maximum Gasteiger partial charge on any atom is 0.348 e. The molecule has 0 aliphatic rings. The van der Waals surface area contributed by atoms with Crippen LogP contribution in [0.15, 0.2) is 18.2 Å². The van der Waals surface area contributed by atoms with E-state index in [1.807, 2.05) is 26.0 Å². The van der Waals surface area contributed by atoms with Gasteiger partial charge in [0.25, 0.3) is 0 Å². The Labute approximate surface area is 115 Å². The van der Waals surface area contributed by atoms with Gasteiger partial charge in [-0.05, 0) is 48.7 Å². The number of ether oxygens (including phenoxy) is 1. The van der Waals surface area contributed by atoms with Crippen LogP contribution in [-0.4, -0.2) is 18.2 Å². The van der Waals surface area contributed by atoms with Gasteiger partial charge in [-0.3, -0.25) is 0 Å². The van der Waals surface area contributed by atoms with Gasteiger partial charge in [0.15, 0.2) is 0 Å². The number of nitrogen functional groups attached to an aromatic ring is 1. The lowest BCUT2D eigenvalue weighted by Gasteiger charge is -2.11. The summed E-state index contributed by atoms with van der Waals surface area (Å²) in [6.07, 6.45) is 0. The smallest absolute Gasteiger partial charge is 0.348 e. The quantitative estimate of drug-likeness (QED) is 0.902. The van der Waals surface area contributed by atoms with E-state index in [1.165, 1.54) is 11.3 Å². The Morgan fingerprint density at radius 2 is 2.00 bits per heavy atom. The molecule has 2 rings (SSSR count). The molecule has 1 heterocycles. The van der Waals surface area contributed by atoms with Crippen LogP contribution < -0.4 is 10.5 Å². The van der Waals surface area contributed by atoms with Gasteiger partial charge >= 0.3 is 5.97 Å². The molecule has 4 nitrogen and oxygen atoms in total. The van der Waals surface area contributed by atoms with Crippen molar-refractivity contribution in [3.63, 3.8) is 0 Å². The first-order chi connectivity index (χ1) is 8.95. The third-order valence-electron chi connectivity index (χ3n) is 3.18. The van der Waals surface area contributed by atoms with Gasteiger partial charge in [-0.2, -0.15) is 0 Å². The second-order valence-corrected chi connectivity index (χ2v) is 5.32. The molecular weight excluding hydrogens is 262 g/mol. The number of carboxylic acids is 1. The normalized spacial score (nSPS) is 10.5. The molecule has 1 aromatic heterocycles. The Bertz CT molecular complexity index is 646. The molecule has 0 aliphatic carbocycles. The maximum atomic E-state index is 11.0. The summed E-state index contributed by atoms with van der Waals surface area (Å²) < 4.78 is 5.27. The second-order valence-electron chi connectivity index (χ2n) is 4.27. The fourth-order valence-corrected chi connectivity index (χ4v) is 2.99. The number of hydrogen-bond donors (Lipinski definition) is 2. The molecule has 0 radical (unpaired) electrons. The standard InChI is InChI=1S/C14H15NO3S/c1-7-8(2)11(18-3)5-4-9(7)12-6-10(15)13(19-12)14(16)17/h4-6H,15H2,1-3H3,(H,16,17). The summed E-state index contributed by atoms with van der Waals surface area (Å²) in [4.78, 5) is 12.1. The van der Waals surface area contributed by atoms with Gasteiger partial charge in [0, 0.05) is 4.88 Å². The zero-order valence-corrected chi connectivity index (χ0v) is 11.8. The SMILES string of the molecule is COc1ccc(-c2cc(N)c(C(=O)O)s2)c(C)c1C. The number of nitrogens with two attached hydrogens (primary N) is 1. The highest BCUT2D eigenvalue weighted by molar-refractivity contribution is 7.18. The molecule has 0 unspecified atom stereocenters. The fraction of sp³-hybridized carbons (Fsp3) is 0.214. The molecule has 1 aromatic carbocycles. The van der Waals surface area contributed by atoms with Gasteiger partial charge in [0.05, 0.1) is 12.8 Å². The van der Waals surface area contributed by atoms with Gasteiger partial charge in [-0.15, -0.1) is 11.3 Å². The Morgan fingerprint density at radius 3 is 2.53 bits per heavy atom. The number of carboxylic acid groups (broad SMARTS) is 1. The molecule has 0 spiro atoms. The first kappa shape index (κ1) is 13.4. The van der Waals surface area contributed by atoms with Crippen molar-refractivity contribution in [3.8, 4) is 16.2 Å². The number of carbonyl (C=O) groups is 1.